The Morgan fingerprint density at radius 2 is 1.92 bits per heavy atom. The molecule has 2 aromatic carbocycles. The van der Waals surface area contributed by atoms with Gasteiger partial charge in [0, 0.05) is 41.8 Å². The number of nitrogens with zero attached hydrogens (tertiary/aromatic N) is 4. The fourth-order valence-electron chi connectivity index (χ4n) is 4.08. The van der Waals surface area contributed by atoms with Gasteiger partial charge in [-0.05, 0) is 61.8 Å². The van der Waals surface area contributed by atoms with Crippen LogP contribution in [0.25, 0.3) is 5.65 Å². The van der Waals surface area contributed by atoms with E-state index in [9.17, 15) is 18.0 Å². The van der Waals surface area contributed by atoms with Gasteiger partial charge in [-0.15, -0.1) is 0 Å². The number of benzene rings is 2. The predicted octanol–water partition coefficient (Wildman–Crippen LogP) is 5.94. The van der Waals surface area contributed by atoms with E-state index in [0.717, 1.165) is 18.1 Å². The lowest BCUT2D eigenvalue weighted by Gasteiger charge is -2.22. The highest BCUT2D eigenvalue weighted by atomic mass is 19.4. The van der Waals surface area contributed by atoms with E-state index in [2.05, 4.69) is 27.2 Å². The number of nitrogens with one attached hydrogen (secondary N) is 1. The van der Waals surface area contributed by atoms with Gasteiger partial charge in [-0.2, -0.15) is 18.3 Å². The molecule has 0 fully saturated rings. The first-order valence-corrected chi connectivity index (χ1v) is 12.3. The number of anilines is 1. The van der Waals surface area contributed by atoms with Crippen molar-refractivity contribution in [1.82, 2.24) is 19.5 Å². The third-order valence-electron chi connectivity index (χ3n) is 6.14. The van der Waals surface area contributed by atoms with Gasteiger partial charge in [-0.1, -0.05) is 37.8 Å². The van der Waals surface area contributed by atoms with Crippen molar-refractivity contribution in [1.29, 1.82) is 0 Å². The molecule has 1 N–H and O–H groups in total. The molecule has 0 saturated carbocycles. The summed E-state index contributed by atoms with van der Waals surface area (Å²) in [6.45, 7) is 7.33. The number of alkyl halides is 3. The first kappa shape index (κ1) is 26.9. The lowest BCUT2D eigenvalue weighted by molar-refractivity contribution is -0.138. The Labute approximate surface area is 219 Å². The second-order valence-electron chi connectivity index (χ2n) is 8.95. The van der Waals surface area contributed by atoms with Gasteiger partial charge in [0.1, 0.15) is 0 Å². The monoisotopic (exact) mass is 519 g/mol. The number of halogens is 3. The summed E-state index contributed by atoms with van der Waals surface area (Å²) in [7, 11) is 0. The highest BCUT2D eigenvalue weighted by Gasteiger charge is 2.34. The molecule has 0 radical (unpaired) electrons. The van der Waals surface area contributed by atoms with Gasteiger partial charge in [0.05, 0.1) is 17.3 Å². The number of aryl methyl sites for hydroxylation is 1. The lowest BCUT2D eigenvalue weighted by atomic mass is 10.0. The molecule has 0 bridgehead atoms. The van der Waals surface area contributed by atoms with Crippen LogP contribution in [-0.2, 0) is 12.7 Å². The predicted molar refractivity (Wildman–Crippen MR) is 141 cm³/mol. The maximum Gasteiger partial charge on any atom is 0.416 e. The van der Waals surface area contributed by atoms with Crippen LogP contribution in [0, 0.1) is 18.8 Å². The van der Waals surface area contributed by atoms with Crippen LogP contribution in [0.5, 0.6) is 0 Å². The second-order valence-corrected chi connectivity index (χ2v) is 8.95. The highest BCUT2D eigenvalue weighted by Crippen LogP contribution is 2.34. The fourth-order valence-corrected chi connectivity index (χ4v) is 4.08. The topological polar surface area (TPSA) is 62.5 Å². The number of amides is 1. The maximum absolute atomic E-state index is 13.9. The second kappa shape index (κ2) is 11.5. The molecular weight excluding hydrogens is 491 g/mol. The van der Waals surface area contributed by atoms with Crippen molar-refractivity contribution in [2.45, 2.75) is 39.9 Å². The molecule has 9 heteroatoms. The Balaban J connectivity index is 1.55. The van der Waals surface area contributed by atoms with Gasteiger partial charge in [0.2, 0.25) is 0 Å². The zero-order chi connectivity index (χ0) is 27.3. The number of fused-ring (bicyclic) bond motifs is 1. The van der Waals surface area contributed by atoms with E-state index in [4.69, 9.17) is 0 Å². The normalized spacial score (nSPS) is 11.4. The van der Waals surface area contributed by atoms with Crippen LogP contribution in [0.4, 0.5) is 18.9 Å². The van der Waals surface area contributed by atoms with Crippen molar-refractivity contribution in [3.63, 3.8) is 0 Å². The maximum atomic E-state index is 13.9. The smallest absolute Gasteiger partial charge is 0.322 e. The van der Waals surface area contributed by atoms with E-state index in [1.165, 1.54) is 12.1 Å². The van der Waals surface area contributed by atoms with Crippen LogP contribution < -0.4 is 5.32 Å². The van der Waals surface area contributed by atoms with Gasteiger partial charge >= 0.3 is 6.18 Å². The average molecular weight is 520 g/mol. The van der Waals surface area contributed by atoms with Crippen molar-refractivity contribution in [2.24, 2.45) is 0 Å². The Kier molecular flexibility index (Phi) is 8.13. The minimum absolute atomic E-state index is 0.0800. The SMILES string of the molecule is CCCN(CC)Cc1ccc(NC(=O)c2ccc(C)c(C#Cc3cnc4ccnn4c3)c2)cc1C(F)(F)F. The molecule has 0 atom stereocenters. The molecule has 1 amide bonds. The number of rotatable bonds is 7. The zero-order valence-corrected chi connectivity index (χ0v) is 21.4. The molecule has 38 heavy (non-hydrogen) atoms. The molecule has 2 heterocycles. The molecule has 2 aromatic heterocycles. The Morgan fingerprint density at radius 3 is 2.66 bits per heavy atom. The molecule has 4 rings (SSSR count). The summed E-state index contributed by atoms with van der Waals surface area (Å²) in [6.07, 6.45) is 1.35. The molecule has 4 aromatic rings. The molecule has 196 valence electrons. The summed E-state index contributed by atoms with van der Waals surface area (Å²) < 4.78 is 43.2. The molecule has 0 saturated heterocycles. The third kappa shape index (κ3) is 6.39. The van der Waals surface area contributed by atoms with E-state index in [-0.39, 0.29) is 17.8 Å². The quantitative estimate of drug-likeness (QED) is 0.307. The molecule has 0 aliphatic rings. The average Bonchev–Trinajstić information content (AvgIpc) is 3.36. The molecule has 0 aliphatic carbocycles. The summed E-state index contributed by atoms with van der Waals surface area (Å²) in [5.41, 5.74) is 2.64. The lowest BCUT2D eigenvalue weighted by Crippen LogP contribution is -2.25. The molecule has 0 spiro atoms. The van der Waals surface area contributed by atoms with Crippen LogP contribution in [0.2, 0.25) is 0 Å². The van der Waals surface area contributed by atoms with Crippen LogP contribution in [0.3, 0.4) is 0 Å². The van der Waals surface area contributed by atoms with Crippen molar-refractivity contribution in [3.05, 3.63) is 94.4 Å². The fraction of sp³-hybridized carbons (Fsp3) is 0.276. The van der Waals surface area contributed by atoms with Crippen LogP contribution in [-0.4, -0.2) is 38.5 Å². The van der Waals surface area contributed by atoms with Gasteiger partial charge in [-0.25, -0.2) is 9.50 Å². The van der Waals surface area contributed by atoms with Crippen LogP contribution in [0.15, 0.2) is 61.1 Å². The van der Waals surface area contributed by atoms with E-state index in [1.807, 2.05) is 25.7 Å². The zero-order valence-electron chi connectivity index (χ0n) is 21.4. The minimum atomic E-state index is -4.54. The summed E-state index contributed by atoms with van der Waals surface area (Å²) in [5, 5.41) is 6.75. The Hall–Kier alpha value is -4.16. The van der Waals surface area contributed by atoms with E-state index >= 15 is 0 Å². The highest BCUT2D eigenvalue weighted by molar-refractivity contribution is 6.04. The number of hydrogen-bond donors (Lipinski definition) is 1. The van der Waals surface area contributed by atoms with E-state index < -0.39 is 17.6 Å². The van der Waals surface area contributed by atoms with Gasteiger partial charge < -0.3 is 5.32 Å². The standard InChI is InChI=1S/C29H28F3N5O/c1-4-14-36(5-2)19-24-10-11-25(16-26(24)29(30,31)32)35-28(38)23-8-6-20(3)22(15-23)9-7-21-17-33-27-12-13-34-37(27)18-21/h6,8,10-13,15-18H,4-5,14,19H2,1-3H3,(H,35,38). The summed E-state index contributed by atoms with van der Waals surface area (Å²) in [4.78, 5) is 19.2. The van der Waals surface area contributed by atoms with Gasteiger partial charge in [-0.3, -0.25) is 9.69 Å². The Morgan fingerprint density at radius 1 is 1.11 bits per heavy atom. The van der Waals surface area contributed by atoms with Crippen LogP contribution >= 0.6 is 0 Å². The number of hydrogen-bond acceptors (Lipinski definition) is 4. The summed E-state index contributed by atoms with van der Waals surface area (Å²) in [5.74, 6) is 5.56. The van der Waals surface area contributed by atoms with E-state index in [0.29, 0.717) is 35.4 Å². The summed E-state index contributed by atoms with van der Waals surface area (Å²) >= 11 is 0. The third-order valence-corrected chi connectivity index (χ3v) is 6.14. The molecule has 0 aliphatic heterocycles. The molecule has 0 unspecified atom stereocenters. The van der Waals surface area contributed by atoms with Crippen molar-refractivity contribution in [3.8, 4) is 11.8 Å². The van der Waals surface area contributed by atoms with Gasteiger partial charge in [0.25, 0.3) is 5.91 Å². The first-order chi connectivity index (χ1) is 18.2. The largest absolute Gasteiger partial charge is 0.416 e. The molecule has 6 nitrogen and oxygen atoms in total. The van der Waals surface area contributed by atoms with Gasteiger partial charge in [0.15, 0.2) is 5.65 Å². The minimum Gasteiger partial charge on any atom is -0.322 e. The number of carbonyl (C=O) groups excluding carboxylic acids is 1. The van der Waals surface area contributed by atoms with Crippen molar-refractivity contribution < 1.29 is 18.0 Å². The first-order valence-electron chi connectivity index (χ1n) is 12.3. The summed E-state index contributed by atoms with van der Waals surface area (Å²) in [6, 6.07) is 10.7. The van der Waals surface area contributed by atoms with Crippen molar-refractivity contribution in [2.75, 3.05) is 18.4 Å². The number of aromatic nitrogens is 3. The Bertz CT molecular complexity index is 1510. The van der Waals surface area contributed by atoms with Crippen molar-refractivity contribution >= 4 is 17.2 Å². The molecular formula is C29H28F3N5O. The van der Waals surface area contributed by atoms with Crippen LogP contribution in [0.1, 0.15) is 58.4 Å². The van der Waals surface area contributed by atoms with E-state index in [1.54, 1.807) is 47.4 Å². The number of carbonyl (C=O) groups is 1.